The average molecular weight is 274 g/mol. The number of carbonyl (C=O) groups excluding carboxylic acids is 1. The molecule has 1 aliphatic carbocycles. The van der Waals surface area contributed by atoms with E-state index in [1.807, 2.05) is 30.3 Å². The Balaban J connectivity index is 1.72. The van der Waals surface area contributed by atoms with E-state index in [4.69, 9.17) is 0 Å². The van der Waals surface area contributed by atoms with Crippen LogP contribution in [0.3, 0.4) is 0 Å². The van der Waals surface area contributed by atoms with Crippen molar-refractivity contribution in [3.05, 3.63) is 30.3 Å². The molecule has 1 aromatic rings. The predicted molar refractivity (Wildman–Crippen MR) is 83.7 cm³/mol. The van der Waals surface area contributed by atoms with E-state index in [1.54, 1.807) is 0 Å². The predicted octanol–water partition coefficient (Wildman–Crippen LogP) is 3.57. The monoisotopic (exact) mass is 274 g/mol. The lowest BCUT2D eigenvalue weighted by atomic mass is 9.93. The molecule has 1 aromatic carbocycles. The van der Waals surface area contributed by atoms with Crippen LogP contribution in [0, 0.1) is 5.92 Å². The molecule has 1 atom stereocenters. The third kappa shape index (κ3) is 4.97. The lowest BCUT2D eigenvalue weighted by Crippen LogP contribution is -2.38. The van der Waals surface area contributed by atoms with Gasteiger partial charge in [-0.1, -0.05) is 43.9 Å². The highest BCUT2D eigenvalue weighted by molar-refractivity contribution is 5.92. The van der Waals surface area contributed by atoms with Gasteiger partial charge in [-0.05, 0) is 37.8 Å². The molecule has 1 saturated carbocycles. The van der Waals surface area contributed by atoms with Crippen LogP contribution in [0.5, 0.6) is 0 Å². The molecule has 20 heavy (non-hydrogen) atoms. The third-order valence-corrected chi connectivity index (χ3v) is 4.25. The van der Waals surface area contributed by atoms with Gasteiger partial charge in [-0.3, -0.25) is 4.79 Å². The number of hydrogen-bond acceptors (Lipinski definition) is 2. The molecule has 0 heterocycles. The molecule has 0 radical (unpaired) electrons. The van der Waals surface area contributed by atoms with Gasteiger partial charge < -0.3 is 10.6 Å². The number of anilines is 1. The topological polar surface area (TPSA) is 41.1 Å². The molecule has 0 saturated heterocycles. The highest BCUT2D eigenvalue weighted by atomic mass is 16.1. The fourth-order valence-corrected chi connectivity index (χ4v) is 2.96. The smallest absolute Gasteiger partial charge is 0.238 e. The molecule has 0 unspecified atom stereocenters. The highest BCUT2D eigenvalue weighted by Crippen LogP contribution is 2.25. The lowest BCUT2D eigenvalue weighted by Gasteiger charge is -2.23. The second kappa shape index (κ2) is 8.05. The van der Waals surface area contributed by atoms with Crippen LogP contribution in [0.4, 0.5) is 5.69 Å². The van der Waals surface area contributed by atoms with Gasteiger partial charge in [0.2, 0.25) is 5.91 Å². The van der Waals surface area contributed by atoms with Crippen molar-refractivity contribution < 1.29 is 4.79 Å². The van der Waals surface area contributed by atoms with Crippen LogP contribution in [0.2, 0.25) is 0 Å². The van der Waals surface area contributed by atoms with E-state index in [-0.39, 0.29) is 5.91 Å². The van der Waals surface area contributed by atoms with Crippen LogP contribution in [-0.2, 0) is 4.79 Å². The highest BCUT2D eigenvalue weighted by Gasteiger charge is 2.19. The quantitative estimate of drug-likeness (QED) is 0.806. The summed E-state index contributed by atoms with van der Waals surface area (Å²) in [7, 11) is 0. The summed E-state index contributed by atoms with van der Waals surface area (Å²) in [4.78, 5) is 11.9. The van der Waals surface area contributed by atoms with Crippen molar-refractivity contribution in [1.29, 1.82) is 0 Å². The molecular weight excluding hydrogens is 248 g/mol. The maximum Gasteiger partial charge on any atom is 0.238 e. The van der Waals surface area contributed by atoms with E-state index in [9.17, 15) is 4.79 Å². The van der Waals surface area contributed by atoms with Crippen molar-refractivity contribution in [2.24, 2.45) is 5.92 Å². The number of carbonyl (C=O) groups is 1. The van der Waals surface area contributed by atoms with E-state index in [0.29, 0.717) is 12.6 Å². The Morgan fingerprint density at radius 3 is 2.45 bits per heavy atom. The van der Waals surface area contributed by atoms with Crippen molar-refractivity contribution in [1.82, 2.24) is 5.32 Å². The van der Waals surface area contributed by atoms with Crippen molar-refractivity contribution in [2.75, 3.05) is 11.9 Å². The second-order valence-corrected chi connectivity index (χ2v) is 5.84. The number of hydrogen-bond donors (Lipinski definition) is 2. The number of para-hydroxylation sites is 1. The lowest BCUT2D eigenvalue weighted by molar-refractivity contribution is -0.115. The Hall–Kier alpha value is -1.35. The van der Waals surface area contributed by atoms with Gasteiger partial charge in [-0.25, -0.2) is 0 Å². The van der Waals surface area contributed by atoms with Gasteiger partial charge in [0, 0.05) is 11.7 Å². The van der Waals surface area contributed by atoms with Crippen LogP contribution in [-0.4, -0.2) is 18.5 Å². The summed E-state index contributed by atoms with van der Waals surface area (Å²) < 4.78 is 0. The Morgan fingerprint density at radius 2 is 1.80 bits per heavy atom. The largest absolute Gasteiger partial charge is 0.325 e. The first-order valence-corrected chi connectivity index (χ1v) is 7.84. The summed E-state index contributed by atoms with van der Waals surface area (Å²) in [6, 6.07) is 10.0. The van der Waals surface area contributed by atoms with Crippen LogP contribution in [0.25, 0.3) is 0 Å². The Kier molecular flexibility index (Phi) is 6.06. The first kappa shape index (κ1) is 15.0. The molecule has 3 nitrogen and oxygen atoms in total. The van der Waals surface area contributed by atoms with Crippen LogP contribution >= 0.6 is 0 Å². The number of nitrogens with one attached hydrogen (secondary N) is 2. The van der Waals surface area contributed by atoms with Crippen LogP contribution in [0.1, 0.15) is 45.4 Å². The minimum Gasteiger partial charge on any atom is -0.325 e. The summed E-state index contributed by atoms with van der Waals surface area (Å²) >= 11 is 0. The molecule has 1 aliphatic rings. The van der Waals surface area contributed by atoms with Gasteiger partial charge in [0.15, 0.2) is 0 Å². The molecule has 0 aliphatic heterocycles. The average Bonchev–Trinajstić information content (AvgIpc) is 2.75. The van der Waals surface area contributed by atoms with E-state index in [2.05, 4.69) is 17.6 Å². The molecule has 1 amide bonds. The SMILES string of the molecule is C[C@@H](NCC(=O)Nc1ccccc1)C1CCCCCC1. The van der Waals surface area contributed by atoms with E-state index < -0.39 is 0 Å². The molecule has 2 N–H and O–H groups in total. The summed E-state index contributed by atoms with van der Waals surface area (Å²) in [5, 5.41) is 6.30. The van der Waals surface area contributed by atoms with Crippen molar-refractivity contribution in [2.45, 2.75) is 51.5 Å². The minimum absolute atomic E-state index is 0.0386. The number of benzene rings is 1. The fourth-order valence-electron chi connectivity index (χ4n) is 2.96. The van der Waals surface area contributed by atoms with E-state index in [0.717, 1.165) is 11.6 Å². The molecule has 0 spiro atoms. The molecule has 110 valence electrons. The van der Waals surface area contributed by atoms with E-state index in [1.165, 1.54) is 38.5 Å². The Bertz CT molecular complexity index is 397. The number of rotatable bonds is 5. The summed E-state index contributed by atoms with van der Waals surface area (Å²) in [6.07, 6.45) is 8.03. The fraction of sp³-hybridized carbons (Fsp3) is 0.588. The van der Waals surface area contributed by atoms with Gasteiger partial charge in [0.25, 0.3) is 0 Å². The maximum atomic E-state index is 11.9. The minimum atomic E-state index is 0.0386. The Morgan fingerprint density at radius 1 is 1.15 bits per heavy atom. The molecule has 0 aromatic heterocycles. The van der Waals surface area contributed by atoms with Crippen LogP contribution in [0.15, 0.2) is 30.3 Å². The van der Waals surface area contributed by atoms with Gasteiger partial charge in [0.1, 0.15) is 0 Å². The summed E-state index contributed by atoms with van der Waals surface area (Å²) in [6.45, 7) is 2.61. The summed E-state index contributed by atoms with van der Waals surface area (Å²) in [5.74, 6) is 0.763. The van der Waals surface area contributed by atoms with Gasteiger partial charge in [-0.15, -0.1) is 0 Å². The van der Waals surface area contributed by atoms with Crippen molar-refractivity contribution in [3.8, 4) is 0 Å². The van der Waals surface area contributed by atoms with Gasteiger partial charge in [0.05, 0.1) is 6.54 Å². The first-order valence-electron chi connectivity index (χ1n) is 7.84. The van der Waals surface area contributed by atoms with Gasteiger partial charge in [-0.2, -0.15) is 0 Å². The van der Waals surface area contributed by atoms with Crippen LogP contribution < -0.4 is 10.6 Å². The maximum absolute atomic E-state index is 11.9. The first-order chi connectivity index (χ1) is 9.75. The standard InChI is InChI=1S/C17H26N2O/c1-14(15-9-5-2-3-6-10-15)18-13-17(20)19-16-11-7-4-8-12-16/h4,7-8,11-12,14-15,18H,2-3,5-6,9-10,13H2,1H3,(H,19,20)/t14-/m1/s1. The number of amides is 1. The second-order valence-electron chi connectivity index (χ2n) is 5.84. The molecule has 0 bridgehead atoms. The molecule has 1 fully saturated rings. The summed E-state index contributed by atoms with van der Waals surface area (Å²) in [5.41, 5.74) is 0.862. The molecule has 2 rings (SSSR count). The van der Waals surface area contributed by atoms with Crippen molar-refractivity contribution >= 4 is 11.6 Å². The zero-order chi connectivity index (χ0) is 14.2. The molecule has 3 heteroatoms. The molecular formula is C17H26N2O. The zero-order valence-corrected chi connectivity index (χ0v) is 12.4. The van der Waals surface area contributed by atoms with Gasteiger partial charge >= 0.3 is 0 Å². The zero-order valence-electron chi connectivity index (χ0n) is 12.4. The third-order valence-electron chi connectivity index (χ3n) is 4.25. The Labute approximate surface area is 122 Å². The van der Waals surface area contributed by atoms with Crippen molar-refractivity contribution in [3.63, 3.8) is 0 Å². The van der Waals surface area contributed by atoms with E-state index >= 15 is 0 Å². The normalized spacial score (nSPS) is 18.2.